The maximum Gasteiger partial charge on any atom is 0.303 e. The van der Waals surface area contributed by atoms with Crippen molar-refractivity contribution in [2.75, 3.05) is 0 Å². The first-order valence-electron chi connectivity index (χ1n) is 2.90. The molecule has 0 unspecified atom stereocenters. The fourth-order valence-corrected chi connectivity index (χ4v) is 0.547. The zero-order valence-electron chi connectivity index (χ0n) is 5.63. The molecule has 0 spiro atoms. The van der Waals surface area contributed by atoms with Gasteiger partial charge >= 0.3 is 5.97 Å². The minimum atomic E-state index is -0.295. The first kappa shape index (κ1) is 6.80. The van der Waals surface area contributed by atoms with Gasteiger partial charge in [-0.15, -0.1) is 0 Å². The van der Waals surface area contributed by atoms with E-state index in [1.165, 1.54) is 6.92 Å². The molecule has 1 aromatic rings. The number of carbonyl (C=O) groups excluding carboxylic acids is 1. The molecule has 0 aliphatic heterocycles. The van der Waals surface area contributed by atoms with Crippen molar-refractivity contribution in [3.05, 3.63) is 18.2 Å². The van der Waals surface area contributed by atoms with Crippen LogP contribution in [0.3, 0.4) is 0 Å². The largest absolute Gasteiger partial charge is 0.458 e. The van der Waals surface area contributed by atoms with Gasteiger partial charge in [0.15, 0.2) is 0 Å². The van der Waals surface area contributed by atoms with Crippen molar-refractivity contribution >= 4 is 5.97 Å². The van der Waals surface area contributed by atoms with Crippen molar-refractivity contribution in [1.29, 1.82) is 0 Å². The Morgan fingerprint density at radius 3 is 3.20 bits per heavy atom. The summed E-state index contributed by atoms with van der Waals surface area (Å²) in [5.41, 5.74) is 0. The van der Waals surface area contributed by atoms with Crippen molar-refractivity contribution in [3.63, 3.8) is 0 Å². The third-order valence-electron chi connectivity index (χ3n) is 0.967. The molecule has 0 radical (unpaired) electrons. The van der Waals surface area contributed by atoms with Gasteiger partial charge in [-0.2, -0.15) is 0 Å². The zero-order valence-corrected chi connectivity index (χ0v) is 5.63. The second-order valence-electron chi connectivity index (χ2n) is 1.82. The molecule has 10 heavy (non-hydrogen) atoms. The highest BCUT2D eigenvalue weighted by Gasteiger charge is 1.95. The lowest BCUT2D eigenvalue weighted by Gasteiger charge is -1.95. The van der Waals surface area contributed by atoms with E-state index in [1.54, 1.807) is 12.4 Å². The molecule has 0 bridgehead atoms. The van der Waals surface area contributed by atoms with Gasteiger partial charge in [0, 0.05) is 19.3 Å². The lowest BCUT2D eigenvalue weighted by molar-refractivity contribution is -0.142. The SMILES string of the molecule is CC(=O)OCc1ncc[nH]1. The number of nitrogens with zero attached hydrogens (tertiary/aromatic N) is 1. The van der Waals surface area contributed by atoms with Crippen molar-refractivity contribution in [2.45, 2.75) is 13.5 Å². The summed E-state index contributed by atoms with van der Waals surface area (Å²) in [6.07, 6.45) is 3.29. The summed E-state index contributed by atoms with van der Waals surface area (Å²) < 4.78 is 4.65. The smallest absolute Gasteiger partial charge is 0.303 e. The van der Waals surface area contributed by atoms with E-state index in [0.717, 1.165) is 0 Å². The van der Waals surface area contributed by atoms with Crippen LogP contribution in [0.1, 0.15) is 12.7 Å². The molecule has 1 N–H and O–H groups in total. The Hall–Kier alpha value is -1.32. The second-order valence-corrected chi connectivity index (χ2v) is 1.82. The maximum absolute atomic E-state index is 10.3. The highest BCUT2D eigenvalue weighted by molar-refractivity contribution is 5.65. The minimum Gasteiger partial charge on any atom is -0.458 e. The number of aromatic nitrogens is 2. The quantitative estimate of drug-likeness (QED) is 0.607. The highest BCUT2D eigenvalue weighted by Crippen LogP contribution is 1.90. The van der Waals surface area contributed by atoms with E-state index >= 15 is 0 Å². The Labute approximate surface area is 58.2 Å². The molecule has 0 atom stereocenters. The molecule has 1 rings (SSSR count). The Bertz CT molecular complexity index is 206. The van der Waals surface area contributed by atoms with Crippen LogP contribution >= 0.6 is 0 Å². The second kappa shape index (κ2) is 3.00. The van der Waals surface area contributed by atoms with Gasteiger partial charge in [-0.1, -0.05) is 0 Å². The summed E-state index contributed by atoms with van der Waals surface area (Å²) in [7, 11) is 0. The van der Waals surface area contributed by atoms with Gasteiger partial charge in [0.25, 0.3) is 0 Å². The zero-order chi connectivity index (χ0) is 7.40. The number of aromatic amines is 1. The monoisotopic (exact) mass is 140 g/mol. The lowest BCUT2D eigenvalue weighted by atomic mass is 10.6. The lowest BCUT2D eigenvalue weighted by Crippen LogP contribution is -1.99. The number of esters is 1. The molecule has 4 nitrogen and oxygen atoms in total. The Balaban J connectivity index is 2.35. The molecule has 0 aliphatic rings. The van der Waals surface area contributed by atoms with Gasteiger partial charge in [0.05, 0.1) is 0 Å². The topological polar surface area (TPSA) is 55.0 Å². The molecular weight excluding hydrogens is 132 g/mol. The molecule has 1 heterocycles. The molecule has 0 aromatic carbocycles. The Morgan fingerprint density at radius 2 is 2.70 bits per heavy atom. The predicted octanol–water partition coefficient (Wildman–Crippen LogP) is 0.473. The summed E-state index contributed by atoms with van der Waals surface area (Å²) in [5, 5.41) is 0. The highest BCUT2D eigenvalue weighted by atomic mass is 16.5. The van der Waals surface area contributed by atoms with E-state index in [2.05, 4.69) is 14.7 Å². The van der Waals surface area contributed by atoms with Gasteiger partial charge in [-0.3, -0.25) is 4.79 Å². The van der Waals surface area contributed by atoms with Crippen LogP contribution in [0.5, 0.6) is 0 Å². The van der Waals surface area contributed by atoms with Crippen LogP contribution in [-0.4, -0.2) is 15.9 Å². The van der Waals surface area contributed by atoms with E-state index < -0.39 is 0 Å². The predicted molar refractivity (Wildman–Crippen MR) is 34.1 cm³/mol. The molecular formula is C6H8N2O2. The van der Waals surface area contributed by atoms with Crippen molar-refractivity contribution in [3.8, 4) is 0 Å². The third-order valence-corrected chi connectivity index (χ3v) is 0.967. The van der Waals surface area contributed by atoms with Gasteiger partial charge in [-0.25, -0.2) is 4.98 Å². The number of H-pyrrole nitrogens is 1. The average molecular weight is 140 g/mol. The minimum absolute atomic E-state index is 0.225. The summed E-state index contributed by atoms with van der Waals surface area (Å²) in [6.45, 7) is 1.59. The van der Waals surface area contributed by atoms with Crippen LogP contribution in [-0.2, 0) is 16.1 Å². The number of hydrogen-bond donors (Lipinski definition) is 1. The first-order valence-corrected chi connectivity index (χ1v) is 2.90. The van der Waals surface area contributed by atoms with Crippen LogP contribution in [0.2, 0.25) is 0 Å². The number of rotatable bonds is 2. The normalized spacial score (nSPS) is 9.30. The van der Waals surface area contributed by atoms with Crippen molar-refractivity contribution < 1.29 is 9.53 Å². The van der Waals surface area contributed by atoms with E-state index in [1.807, 2.05) is 0 Å². The van der Waals surface area contributed by atoms with Crippen molar-refractivity contribution in [2.24, 2.45) is 0 Å². The molecule has 4 heteroatoms. The molecule has 0 saturated heterocycles. The van der Waals surface area contributed by atoms with Gasteiger partial charge in [-0.05, 0) is 0 Å². The summed E-state index contributed by atoms with van der Waals surface area (Å²) in [6, 6.07) is 0. The molecule has 0 aliphatic carbocycles. The molecule has 0 saturated carbocycles. The van der Waals surface area contributed by atoms with Gasteiger partial charge < -0.3 is 9.72 Å². The molecule has 0 fully saturated rings. The number of imidazole rings is 1. The first-order chi connectivity index (χ1) is 4.79. The van der Waals surface area contributed by atoms with Gasteiger partial charge in [0.1, 0.15) is 12.4 Å². The van der Waals surface area contributed by atoms with Crippen LogP contribution in [0.15, 0.2) is 12.4 Å². The summed E-state index contributed by atoms with van der Waals surface area (Å²) in [5.74, 6) is 0.367. The number of ether oxygens (including phenoxy) is 1. The van der Waals surface area contributed by atoms with Crippen LogP contribution in [0, 0.1) is 0 Å². The standard InChI is InChI=1S/C6H8N2O2/c1-5(9)10-4-6-7-2-3-8-6/h2-3H,4H2,1H3,(H,7,8). The number of hydrogen-bond acceptors (Lipinski definition) is 3. The Morgan fingerprint density at radius 1 is 1.90 bits per heavy atom. The van der Waals surface area contributed by atoms with Crippen LogP contribution in [0.25, 0.3) is 0 Å². The van der Waals surface area contributed by atoms with E-state index in [4.69, 9.17) is 0 Å². The summed E-state index contributed by atoms with van der Waals surface area (Å²) >= 11 is 0. The maximum atomic E-state index is 10.3. The number of carbonyl (C=O) groups is 1. The summed E-state index contributed by atoms with van der Waals surface area (Å²) in [4.78, 5) is 16.9. The van der Waals surface area contributed by atoms with Crippen molar-refractivity contribution in [1.82, 2.24) is 9.97 Å². The molecule has 54 valence electrons. The van der Waals surface area contributed by atoms with E-state index in [0.29, 0.717) is 5.82 Å². The van der Waals surface area contributed by atoms with E-state index in [9.17, 15) is 4.79 Å². The molecule has 1 aromatic heterocycles. The number of nitrogens with one attached hydrogen (secondary N) is 1. The molecule has 0 amide bonds. The van der Waals surface area contributed by atoms with E-state index in [-0.39, 0.29) is 12.6 Å². The van der Waals surface area contributed by atoms with Crippen LogP contribution < -0.4 is 0 Å². The van der Waals surface area contributed by atoms with Gasteiger partial charge in [0.2, 0.25) is 0 Å². The third kappa shape index (κ3) is 1.89. The fourth-order valence-electron chi connectivity index (χ4n) is 0.547. The fraction of sp³-hybridized carbons (Fsp3) is 0.333. The van der Waals surface area contributed by atoms with Crippen LogP contribution in [0.4, 0.5) is 0 Å². The average Bonchev–Trinajstić information content (AvgIpc) is 2.34. The Kier molecular flexibility index (Phi) is 2.04.